The molecule has 0 bridgehead atoms. The van der Waals surface area contributed by atoms with Gasteiger partial charge in [-0.05, 0) is 42.3 Å². The van der Waals surface area contributed by atoms with E-state index in [0.717, 1.165) is 61.5 Å². The molecule has 0 spiro atoms. The summed E-state index contributed by atoms with van der Waals surface area (Å²) in [4.78, 5) is 9.19. The number of nitrogens with one attached hydrogen (secondary N) is 1. The van der Waals surface area contributed by atoms with Crippen molar-refractivity contribution in [2.45, 2.75) is 17.9 Å². The monoisotopic (exact) mass is 528 g/mol. The van der Waals surface area contributed by atoms with Crippen LogP contribution in [0.15, 0.2) is 96.5 Å². The first-order chi connectivity index (χ1) is 18.4. The van der Waals surface area contributed by atoms with Crippen molar-refractivity contribution >= 4 is 32.3 Å². The molecule has 1 fully saturated rings. The Labute approximate surface area is 224 Å². The molecule has 0 aliphatic carbocycles. The molecule has 7 nitrogen and oxygen atoms in total. The molecule has 1 aliphatic rings. The number of ether oxygens (including phenoxy) is 1. The summed E-state index contributed by atoms with van der Waals surface area (Å²) < 4.78 is 34.5. The molecule has 4 aromatic rings. The number of sulfonamides is 1. The van der Waals surface area contributed by atoms with E-state index in [1.165, 1.54) is 5.56 Å². The van der Waals surface area contributed by atoms with E-state index in [0.29, 0.717) is 11.2 Å². The van der Waals surface area contributed by atoms with Gasteiger partial charge in [0.05, 0.1) is 12.6 Å². The van der Waals surface area contributed by atoms with Crippen LogP contribution in [0.5, 0.6) is 5.75 Å². The van der Waals surface area contributed by atoms with Crippen molar-refractivity contribution in [3.05, 3.63) is 103 Å². The number of anilines is 1. The van der Waals surface area contributed by atoms with Crippen molar-refractivity contribution in [3.63, 3.8) is 0 Å². The average Bonchev–Trinajstić information content (AvgIpc) is 3.18. The summed E-state index contributed by atoms with van der Waals surface area (Å²) in [5.74, 6) is 0.922. The Kier molecular flexibility index (Phi) is 7.62. The summed E-state index contributed by atoms with van der Waals surface area (Å²) in [7, 11) is -2.08. The highest BCUT2D eigenvalue weighted by Gasteiger charge is 2.20. The van der Waals surface area contributed by atoms with E-state index in [4.69, 9.17) is 4.74 Å². The Hall–Kier alpha value is -3.88. The Balaban J connectivity index is 1.23. The maximum atomic E-state index is 13.1. The first-order valence-corrected chi connectivity index (χ1v) is 14.2. The quantitative estimate of drug-likeness (QED) is 0.338. The summed E-state index contributed by atoms with van der Waals surface area (Å²) >= 11 is 0. The molecule has 1 saturated heterocycles. The Morgan fingerprint density at radius 2 is 1.74 bits per heavy atom. The number of pyridine rings is 1. The zero-order chi connectivity index (χ0) is 26.5. The molecule has 2 heterocycles. The van der Waals surface area contributed by atoms with Crippen LogP contribution in [0.1, 0.15) is 17.5 Å². The second-order valence-electron chi connectivity index (χ2n) is 9.39. The van der Waals surface area contributed by atoms with Crippen LogP contribution in [0.4, 0.5) is 5.69 Å². The molecular weight excluding hydrogens is 496 g/mol. The summed E-state index contributed by atoms with van der Waals surface area (Å²) in [5, 5.41) is 0.779. The first-order valence-electron chi connectivity index (χ1n) is 12.7. The van der Waals surface area contributed by atoms with Gasteiger partial charge in [-0.3, -0.25) is 14.6 Å². The van der Waals surface area contributed by atoms with E-state index in [1.807, 2.05) is 42.5 Å². The predicted octanol–water partition coefficient (Wildman–Crippen LogP) is 5.22. The Bertz CT molecular complexity index is 1530. The lowest BCUT2D eigenvalue weighted by Crippen LogP contribution is -2.29. The summed E-state index contributed by atoms with van der Waals surface area (Å²) in [5.41, 5.74) is 4.05. The van der Waals surface area contributed by atoms with Gasteiger partial charge in [-0.15, -0.1) is 0 Å². The number of rotatable bonds is 8. The van der Waals surface area contributed by atoms with E-state index >= 15 is 0 Å². The lowest BCUT2D eigenvalue weighted by Gasteiger charge is -2.26. The smallest absolute Gasteiger partial charge is 0.264 e. The lowest BCUT2D eigenvalue weighted by molar-refractivity contribution is 0.271. The first kappa shape index (κ1) is 25.8. The highest BCUT2D eigenvalue weighted by molar-refractivity contribution is 7.93. The van der Waals surface area contributed by atoms with Gasteiger partial charge in [0.1, 0.15) is 10.6 Å². The SMILES string of the molecule is C=C(c1ccc(NS(=O)(=O)c2cccc3cccnc23)cc1)N1CCCN(Cc2ccccc2OC)CC1. The molecule has 3 aromatic carbocycles. The molecular formula is C30H32N4O3S. The van der Waals surface area contributed by atoms with Gasteiger partial charge in [0, 0.05) is 61.3 Å². The number of aromatic nitrogens is 1. The van der Waals surface area contributed by atoms with Gasteiger partial charge in [0.25, 0.3) is 10.0 Å². The molecule has 0 unspecified atom stereocenters. The zero-order valence-corrected chi connectivity index (χ0v) is 22.3. The minimum atomic E-state index is -3.80. The van der Waals surface area contributed by atoms with Crippen LogP contribution in [-0.2, 0) is 16.6 Å². The standard InChI is InChI=1S/C30H32N4O3S/c1-23(34-19-7-18-33(20-21-34)22-26-8-3-4-11-28(26)37-2)24-13-15-27(16-14-24)32-38(35,36)29-12-5-9-25-10-6-17-31-30(25)29/h3-6,8-17,32H,1,7,18-22H2,2H3. The molecule has 0 saturated carbocycles. The number of fused-ring (bicyclic) bond motifs is 1. The van der Waals surface area contributed by atoms with Crippen LogP contribution >= 0.6 is 0 Å². The third-order valence-corrected chi connectivity index (χ3v) is 8.33. The third-order valence-electron chi connectivity index (χ3n) is 6.91. The van der Waals surface area contributed by atoms with Crippen LogP contribution in [0, 0.1) is 0 Å². The van der Waals surface area contributed by atoms with Crippen molar-refractivity contribution in [1.82, 2.24) is 14.8 Å². The third kappa shape index (κ3) is 5.66. The van der Waals surface area contributed by atoms with Gasteiger partial charge in [-0.1, -0.05) is 55.1 Å². The Morgan fingerprint density at radius 1 is 0.947 bits per heavy atom. The topological polar surface area (TPSA) is 74.8 Å². The maximum Gasteiger partial charge on any atom is 0.264 e. The Morgan fingerprint density at radius 3 is 2.55 bits per heavy atom. The molecule has 1 N–H and O–H groups in total. The fourth-order valence-corrected chi connectivity index (χ4v) is 6.13. The van der Waals surface area contributed by atoms with Crippen LogP contribution in [0.3, 0.4) is 0 Å². The molecule has 1 aliphatic heterocycles. The highest BCUT2D eigenvalue weighted by Crippen LogP contribution is 2.26. The van der Waals surface area contributed by atoms with E-state index in [1.54, 1.807) is 43.6 Å². The molecule has 196 valence electrons. The van der Waals surface area contributed by atoms with Gasteiger partial charge in [-0.25, -0.2) is 8.42 Å². The van der Waals surface area contributed by atoms with Crippen LogP contribution in [0.2, 0.25) is 0 Å². The van der Waals surface area contributed by atoms with Crippen LogP contribution < -0.4 is 9.46 Å². The second-order valence-corrected chi connectivity index (χ2v) is 11.0. The van der Waals surface area contributed by atoms with E-state index < -0.39 is 10.0 Å². The van der Waals surface area contributed by atoms with Crippen LogP contribution in [0.25, 0.3) is 16.6 Å². The molecule has 38 heavy (non-hydrogen) atoms. The molecule has 0 radical (unpaired) electrons. The van der Waals surface area contributed by atoms with Crippen LogP contribution in [-0.4, -0.2) is 56.5 Å². The summed E-state index contributed by atoms with van der Waals surface area (Å²) in [6.07, 6.45) is 2.63. The largest absolute Gasteiger partial charge is 0.496 e. The fraction of sp³-hybridized carbons (Fsp3) is 0.233. The van der Waals surface area contributed by atoms with Crippen molar-refractivity contribution in [3.8, 4) is 5.75 Å². The maximum absolute atomic E-state index is 13.1. The average molecular weight is 529 g/mol. The predicted molar refractivity (Wildman–Crippen MR) is 152 cm³/mol. The number of para-hydroxylation sites is 2. The van der Waals surface area contributed by atoms with Gasteiger partial charge in [0.2, 0.25) is 0 Å². The fourth-order valence-electron chi connectivity index (χ4n) is 4.89. The minimum Gasteiger partial charge on any atom is -0.496 e. The molecule has 5 rings (SSSR count). The number of nitrogens with zero attached hydrogens (tertiary/aromatic N) is 3. The molecule has 0 atom stereocenters. The van der Waals surface area contributed by atoms with Gasteiger partial charge in [0.15, 0.2) is 0 Å². The molecule has 1 aromatic heterocycles. The van der Waals surface area contributed by atoms with Gasteiger partial charge >= 0.3 is 0 Å². The van der Waals surface area contributed by atoms with E-state index in [9.17, 15) is 8.42 Å². The minimum absolute atomic E-state index is 0.159. The number of benzene rings is 3. The number of hydrogen-bond donors (Lipinski definition) is 1. The summed E-state index contributed by atoms with van der Waals surface area (Å²) in [6, 6.07) is 24.3. The van der Waals surface area contributed by atoms with Crippen molar-refractivity contribution in [1.29, 1.82) is 0 Å². The van der Waals surface area contributed by atoms with Crippen molar-refractivity contribution < 1.29 is 13.2 Å². The normalized spacial score (nSPS) is 14.7. The number of methoxy groups -OCH3 is 1. The molecule has 0 amide bonds. The number of hydrogen-bond acceptors (Lipinski definition) is 6. The van der Waals surface area contributed by atoms with Gasteiger partial charge in [-0.2, -0.15) is 0 Å². The lowest BCUT2D eigenvalue weighted by atomic mass is 10.1. The van der Waals surface area contributed by atoms with Crippen molar-refractivity contribution in [2.24, 2.45) is 0 Å². The highest BCUT2D eigenvalue weighted by atomic mass is 32.2. The van der Waals surface area contributed by atoms with E-state index in [-0.39, 0.29) is 4.90 Å². The van der Waals surface area contributed by atoms with E-state index in [2.05, 4.69) is 32.2 Å². The molecule has 8 heteroatoms. The zero-order valence-electron chi connectivity index (χ0n) is 21.5. The van der Waals surface area contributed by atoms with Gasteiger partial charge < -0.3 is 9.64 Å². The summed E-state index contributed by atoms with van der Waals surface area (Å²) in [6.45, 7) is 8.93. The second kappa shape index (κ2) is 11.2. The van der Waals surface area contributed by atoms with Crippen molar-refractivity contribution in [2.75, 3.05) is 38.0 Å².